The first-order valence-electron chi connectivity index (χ1n) is 5.07. The summed E-state index contributed by atoms with van der Waals surface area (Å²) in [4.78, 5) is 17.1. The molecule has 0 fully saturated rings. The molecule has 7 nitrogen and oxygen atoms in total. The lowest BCUT2D eigenvalue weighted by molar-refractivity contribution is -0.138. The van der Waals surface area contributed by atoms with Crippen molar-refractivity contribution in [3.63, 3.8) is 0 Å². The predicted octanol–water partition coefficient (Wildman–Crippen LogP) is 0.0419. The number of hydrogen-bond acceptors (Lipinski definition) is 6. The standard InChI is InChI=1S/C10H13N5O2/c1-7-12-13-10-9(11-4-5-15(7)10)14(2)6-8(16)17-3/h4-5H,6H2,1-3H3. The minimum atomic E-state index is -0.326. The van der Waals surface area contributed by atoms with Crippen molar-refractivity contribution in [2.45, 2.75) is 6.92 Å². The summed E-state index contributed by atoms with van der Waals surface area (Å²) in [5.74, 6) is 1.04. The fraction of sp³-hybridized carbons (Fsp3) is 0.400. The van der Waals surface area contributed by atoms with Crippen LogP contribution in [0.3, 0.4) is 0 Å². The SMILES string of the molecule is COC(=O)CN(C)c1nccn2c(C)nnc12. The Hall–Kier alpha value is -2.18. The molecule has 0 N–H and O–H groups in total. The van der Waals surface area contributed by atoms with E-state index in [-0.39, 0.29) is 12.5 Å². The molecule has 2 aromatic rings. The van der Waals surface area contributed by atoms with Gasteiger partial charge in [0.15, 0.2) is 5.82 Å². The minimum absolute atomic E-state index is 0.120. The molecule has 0 saturated carbocycles. The van der Waals surface area contributed by atoms with Crippen LogP contribution >= 0.6 is 0 Å². The van der Waals surface area contributed by atoms with Crippen molar-refractivity contribution in [1.82, 2.24) is 19.6 Å². The number of esters is 1. The van der Waals surface area contributed by atoms with E-state index in [1.807, 2.05) is 11.3 Å². The third kappa shape index (κ3) is 2.03. The number of methoxy groups -OCH3 is 1. The molecular weight excluding hydrogens is 222 g/mol. The van der Waals surface area contributed by atoms with Gasteiger partial charge in [-0.3, -0.25) is 9.20 Å². The molecule has 0 amide bonds. The Morgan fingerprint density at radius 2 is 2.29 bits per heavy atom. The second kappa shape index (κ2) is 4.36. The van der Waals surface area contributed by atoms with Gasteiger partial charge in [-0.15, -0.1) is 10.2 Å². The highest BCUT2D eigenvalue weighted by molar-refractivity contribution is 5.77. The summed E-state index contributed by atoms with van der Waals surface area (Å²) in [7, 11) is 3.11. The molecule has 0 aliphatic rings. The summed E-state index contributed by atoms with van der Waals surface area (Å²) in [5.41, 5.74) is 0.622. The van der Waals surface area contributed by atoms with Crippen LogP contribution in [0.1, 0.15) is 5.82 Å². The van der Waals surface area contributed by atoms with Gasteiger partial charge in [-0.2, -0.15) is 0 Å². The molecule has 0 spiro atoms. The largest absolute Gasteiger partial charge is 0.468 e. The quantitative estimate of drug-likeness (QED) is 0.699. The fourth-order valence-electron chi connectivity index (χ4n) is 1.53. The van der Waals surface area contributed by atoms with Crippen LogP contribution in [0, 0.1) is 6.92 Å². The Morgan fingerprint density at radius 3 is 3.00 bits per heavy atom. The first-order valence-corrected chi connectivity index (χ1v) is 5.07. The second-order valence-electron chi connectivity index (χ2n) is 3.62. The number of anilines is 1. The number of nitrogens with zero attached hydrogens (tertiary/aromatic N) is 5. The zero-order valence-electron chi connectivity index (χ0n) is 9.91. The topological polar surface area (TPSA) is 72.6 Å². The van der Waals surface area contributed by atoms with Gasteiger partial charge in [0.1, 0.15) is 12.4 Å². The van der Waals surface area contributed by atoms with Crippen molar-refractivity contribution < 1.29 is 9.53 Å². The van der Waals surface area contributed by atoms with Gasteiger partial charge in [-0.1, -0.05) is 0 Å². The van der Waals surface area contributed by atoms with Gasteiger partial charge in [-0.05, 0) is 6.92 Å². The molecule has 90 valence electrons. The van der Waals surface area contributed by atoms with Crippen molar-refractivity contribution in [2.75, 3.05) is 25.6 Å². The van der Waals surface area contributed by atoms with E-state index in [4.69, 9.17) is 0 Å². The van der Waals surface area contributed by atoms with Crippen LogP contribution < -0.4 is 4.90 Å². The number of aryl methyl sites for hydroxylation is 1. The Bertz CT molecular complexity index is 551. The molecular formula is C10H13N5O2. The zero-order valence-corrected chi connectivity index (χ0v) is 9.91. The monoisotopic (exact) mass is 235 g/mol. The molecule has 0 unspecified atom stereocenters. The molecule has 0 atom stereocenters. The summed E-state index contributed by atoms with van der Waals surface area (Å²) in [6, 6.07) is 0. The zero-order chi connectivity index (χ0) is 12.4. The second-order valence-corrected chi connectivity index (χ2v) is 3.62. The summed E-state index contributed by atoms with van der Waals surface area (Å²) in [6.07, 6.45) is 3.42. The number of carbonyl (C=O) groups excluding carboxylic acids is 1. The number of likely N-dealkylation sites (N-methyl/N-ethyl adjacent to an activating group) is 1. The summed E-state index contributed by atoms with van der Waals surface area (Å²) in [6.45, 7) is 1.97. The highest BCUT2D eigenvalue weighted by atomic mass is 16.5. The van der Waals surface area contributed by atoms with Gasteiger partial charge in [0.25, 0.3) is 0 Å². The average molecular weight is 235 g/mol. The van der Waals surface area contributed by atoms with E-state index in [0.29, 0.717) is 11.5 Å². The van der Waals surface area contributed by atoms with Crippen molar-refractivity contribution in [3.05, 3.63) is 18.2 Å². The fourth-order valence-corrected chi connectivity index (χ4v) is 1.53. The molecule has 17 heavy (non-hydrogen) atoms. The highest BCUT2D eigenvalue weighted by Crippen LogP contribution is 2.15. The Morgan fingerprint density at radius 1 is 1.53 bits per heavy atom. The maximum Gasteiger partial charge on any atom is 0.325 e. The van der Waals surface area contributed by atoms with Gasteiger partial charge >= 0.3 is 5.97 Å². The first-order chi connectivity index (χ1) is 8.13. The van der Waals surface area contributed by atoms with Gasteiger partial charge in [0, 0.05) is 19.4 Å². The van der Waals surface area contributed by atoms with E-state index < -0.39 is 0 Å². The molecule has 0 saturated heterocycles. The van der Waals surface area contributed by atoms with E-state index in [2.05, 4.69) is 19.9 Å². The molecule has 0 radical (unpaired) electrons. The molecule has 2 aromatic heterocycles. The van der Waals surface area contributed by atoms with Gasteiger partial charge in [-0.25, -0.2) is 4.98 Å². The maximum absolute atomic E-state index is 11.2. The maximum atomic E-state index is 11.2. The smallest absolute Gasteiger partial charge is 0.325 e. The highest BCUT2D eigenvalue weighted by Gasteiger charge is 2.14. The lowest BCUT2D eigenvalue weighted by Gasteiger charge is -2.16. The van der Waals surface area contributed by atoms with Crippen molar-refractivity contribution in [2.24, 2.45) is 0 Å². The molecule has 2 rings (SSSR count). The Kier molecular flexibility index (Phi) is 2.90. The predicted molar refractivity (Wildman–Crippen MR) is 60.8 cm³/mol. The molecule has 0 aliphatic carbocycles. The minimum Gasteiger partial charge on any atom is -0.468 e. The van der Waals surface area contributed by atoms with Crippen LogP contribution in [0.5, 0.6) is 0 Å². The van der Waals surface area contributed by atoms with Crippen LogP contribution in [-0.4, -0.2) is 46.3 Å². The number of rotatable bonds is 3. The molecule has 2 heterocycles. The van der Waals surface area contributed by atoms with E-state index in [1.54, 1.807) is 24.3 Å². The molecule has 0 aromatic carbocycles. The number of aromatic nitrogens is 4. The van der Waals surface area contributed by atoms with Crippen LogP contribution in [0.15, 0.2) is 12.4 Å². The van der Waals surface area contributed by atoms with Gasteiger partial charge in [0.05, 0.1) is 7.11 Å². The average Bonchev–Trinajstić information content (AvgIpc) is 2.71. The van der Waals surface area contributed by atoms with Crippen LogP contribution in [-0.2, 0) is 9.53 Å². The van der Waals surface area contributed by atoms with Crippen LogP contribution in [0.2, 0.25) is 0 Å². The molecule has 7 heteroatoms. The van der Waals surface area contributed by atoms with E-state index in [1.165, 1.54) is 7.11 Å². The van der Waals surface area contributed by atoms with Crippen LogP contribution in [0.4, 0.5) is 5.82 Å². The van der Waals surface area contributed by atoms with E-state index in [0.717, 1.165) is 5.82 Å². The van der Waals surface area contributed by atoms with Gasteiger partial charge in [0.2, 0.25) is 5.65 Å². The summed E-state index contributed by atoms with van der Waals surface area (Å²) >= 11 is 0. The van der Waals surface area contributed by atoms with Gasteiger partial charge < -0.3 is 9.64 Å². The Labute approximate surface area is 98.0 Å². The molecule has 0 aliphatic heterocycles. The number of hydrogen-bond donors (Lipinski definition) is 0. The third-order valence-corrected chi connectivity index (χ3v) is 2.43. The van der Waals surface area contributed by atoms with Crippen molar-refractivity contribution in [3.8, 4) is 0 Å². The normalized spacial score (nSPS) is 10.5. The van der Waals surface area contributed by atoms with E-state index in [9.17, 15) is 4.79 Å². The number of carbonyl (C=O) groups is 1. The lowest BCUT2D eigenvalue weighted by atomic mass is 10.5. The summed E-state index contributed by atoms with van der Waals surface area (Å²) in [5, 5.41) is 8.00. The number of fused-ring (bicyclic) bond motifs is 1. The lowest BCUT2D eigenvalue weighted by Crippen LogP contribution is -2.27. The first kappa shape index (κ1) is 11.3. The third-order valence-electron chi connectivity index (χ3n) is 2.43. The summed E-state index contributed by atoms with van der Waals surface area (Å²) < 4.78 is 6.42. The Balaban J connectivity index is 2.38. The molecule has 0 bridgehead atoms. The van der Waals surface area contributed by atoms with Crippen molar-refractivity contribution in [1.29, 1.82) is 0 Å². The van der Waals surface area contributed by atoms with E-state index >= 15 is 0 Å². The van der Waals surface area contributed by atoms with Crippen LogP contribution in [0.25, 0.3) is 5.65 Å². The number of ether oxygens (including phenoxy) is 1. The van der Waals surface area contributed by atoms with Crippen molar-refractivity contribution >= 4 is 17.4 Å².